The van der Waals surface area contributed by atoms with Gasteiger partial charge in [-0.3, -0.25) is 9.69 Å². The minimum atomic E-state index is -0.303. The van der Waals surface area contributed by atoms with Crippen LogP contribution in [0.3, 0.4) is 0 Å². The largest absolute Gasteiger partial charge is 0.482 e. The summed E-state index contributed by atoms with van der Waals surface area (Å²) >= 11 is 5.96. The third kappa shape index (κ3) is 3.98. The van der Waals surface area contributed by atoms with Crippen molar-refractivity contribution < 1.29 is 9.53 Å². The lowest BCUT2D eigenvalue weighted by Gasteiger charge is -2.20. The maximum absolute atomic E-state index is 12.2. The van der Waals surface area contributed by atoms with Crippen LogP contribution in [0.5, 0.6) is 5.75 Å². The molecule has 0 aromatic heterocycles. The Kier molecular flexibility index (Phi) is 5.19. The fourth-order valence-corrected chi connectivity index (χ4v) is 1.97. The molecule has 0 fully saturated rings. The van der Waals surface area contributed by atoms with Crippen molar-refractivity contribution >= 4 is 23.2 Å². The highest BCUT2D eigenvalue weighted by Crippen LogP contribution is 2.23. The summed E-state index contributed by atoms with van der Waals surface area (Å²) in [5, 5.41) is 9.31. The van der Waals surface area contributed by atoms with Gasteiger partial charge in [0, 0.05) is 5.69 Å². The summed E-state index contributed by atoms with van der Waals surface area (Å²) in [6, 6.07) is 17.9. The molecular weight excluding hydrogens is 288 g/mol. The highest BCUT2D eigenvalue weighted by Gasteiger charge is 2.16. The molecule has 2 rings (SSSR count). The highest BCUT2D eigenvalue weighted by atomic mass is 35.5. The predicted molar refractivity (Wildman–Crippen MR) is 81.4 cm³/mol. The summed E-state index contributed by atoms with van der Waals surface area (Å²) in [6.07, 6.45) is 0. The number of hydrogen-bond donors (Lipinski definition) is 0. The first-order chi connectivity index (χ1) is 10.2. The van der Waals surface area contributed by atoms with E-state index >= 15 is 0 Å². The number of nitrogens with zero attached hydrogens (tertiary/aromatic N) is 2. The molecule has 0 aliphatic heterocycles. The third-order valence-corrected chi connectivity index (χ3v) is 3.10. The van der Waals surface area contributed by atoms with E-state index in [1.54, 1.807) is 36.4 Å². The van der Waals surface area contributed by atoms with Crippen molar-refractivity contribution in [3.63, 3.8) is 0 Å². The van der Waals surface area contributed by atoms with Gasteiger partial charge in [0.2, 0.25) is 0 Å². The lowest BCUT2D eigenvalue weighted by Crippen LogP contribution is -2.35. The zero-order chi connectivity index (χ0) is 15.1. The van der Waals surface area contributed by atoms with E-state index in [2.05, 4.69) is 0 Å². The minimum Gasteiger partial charge on any atom is -0.482 e. The van der Waals surface area contributed by atoms with Crippen LogP contribution >= 0.6 is 11.6 Å². The number of amides is 1. The lowest BCUT2D eigenvalue weighted by molar-refractivity contribution is -0.120. The molecule has 2 aromatic carbocycles. The summed E-state index contributed by atoms with van der Waals surface area (Å²) < 4.78 is 5.41. The maximum Gasteiger partial charge on any atom is 0.265 e. The van der Waals surface area contributed by atoms with E-state index in [-0.39, 0.29) is 19.1 Å². The Hall–Kier alpha value is -2.51. The second kappa shape index (κ2) is 7.32. The van der Waals surface area contributed by atoms with E-state index in [1.807, 2.05) is 24.3 Å². The van der Waals surface area contributed by atoms with Gasteiger partial charge in [0.1, 0.15) is 12.3 Å². The quantitative estimate of drug-likeness (QED) is 0.796. The van der Waals surface area contributed by atoms with Crippen molar-refractivity contribution in [2.75, 3.05) is 18.1 Å². The van der Waals surface area contributed by atoms with E-state index < -0.39 is 0 Å². The van der Waals surface area contributed by atoms with E-state index in [1.165, 1.54) is 4.90 Å². The fraction of sp³-hybridized carbons (Fsp3) is 0.125. The van der Waals surface area contributed by atoms with Crippen molar-refractivity contribution in [3.8, 4) is 11.8 Å². The lowest BCUT2D eigenvalue weighted by atomic mass is 10.3. The smallest absolute Gasteiger partial charge is 0.265 e. The number of hydrogen-bond acceptors (Lipinski definition) is 3. The van der Waals surface area contributed by atoms with Gasteiger partial charge in [0.15, 0.2) is 6.61 Å². The number of benzene rings is 2. The number of carbonyl (C=O) groups excluding carboxylic acids is 1. The van der Waals surface area contributed by atoms with Gasteiger partial charge in [0.25, 0.3) is 5.91 Å². The molecule has 21 heavy (non-hydrogen) atoms. The van der Waals surface area contributed by atoms with Crippen LogP contribution in [0.15, 0.2) is 54.6 Å². The zero-order valence-electron chi connectivity index (χ0n) is 11.2. The van der Waals surface area contributed by atoms with E-state index in [9.17, 15) is 4.79 Å². The maximum atomic E-state index is 12.2. The number of rotatable bonds is 5. The van der Waals surface area contributed by atoms with Gasteiger partial charge in [-0.15, -0.1) is 0 Å². The first-order valence-electron chi connectivity index (χ1n) is 6.32. The van der Waals surface area contributed by atoms with Crippen LogP contribution in [-0.2, 0) is 4.79 Å². The molecule has 0 heterocycles. The van der Waals surface area contributed by atoms with Crippen LogP contribution in [0.4, 0.5) is 5.69 Å². The molecule has 0 atom stereocenters. The Morgan fingerprint density at radius 1 is 1.14 bits per heavy atom. The van der Waals surface area contributed by atoms with E-state index in [4.69, 9.17) is 21.6 Å². The Morgan fingerprint density at radius 3 is 2.48 bits per heavy atom. The Labute approximate surface area is 128 Å². The molecule has 2 aromatic rings. The molecule has 0 spiro atoms. The fourth-order valence-electron chi connectivity index (χ4n) is 1.78. The number of anilines is 1. The Bertz CT molecular complexity index is 653. The Balaban J connectivity index is 2.07. The zero-order valence-corrected chi connectivity index (χ0v) is 12.0. The second-order valence-electron chi connectivity index (χ2n) is 4.19. The SMILES string of the molecule is N#CCN(C(=O)COc1ccccc1Cl)c1ccccc1. The van der Waals surface area contributed by atoms with Crippen LogP contribution in [0, 0.1) is 11.3 Å². The molecule has 0 N–H and O–H groups in total. The van der Waals surface area contributed by atoms with Crippen LogP contribution in [0.1, 0.15) is 0 Å². The van der Waals surface area contributed by atoms with Crippen molar-refractivity contribution in [2.45, 2.75) is 0 Å². The molecule has 5 heteroatoms. The predicted octanol–water partition coefficient (Wildman–Crippen LogP) is 3.28. The van der Waals surface area contributed by atoms with Gasteiger partial charge in [-0.05, 0) is 24.3 Å². The molecule has 0 saturated heterocycles. The van der Waals surface area contributed by atoms with Crippen molar-refractivity contribution in [1.29, 1.82) is 5.26 Å². The molecule has 0 radical (unpaired) electrons. The topological polar surface area (TPSA) is 53.3 Å². The van der Waals surface area contributed by atoms with Crippen molar-refractivity contribution in [2.24, 2.45) is 0 Å². The Morgan fingerprint density at radius 2 is 1.81 bits per heavy atom. The first kappa shape index (κ1) is 14.9. The number of halogens is 1. The van der Waals surface area contributed by atoms with E-state index in [0.717, 1.165) is 0 Å². The van der Waals surface area contributed by atoms with Gasteiger partial charge >= 0.3 is 0 Å². The monoisotopic (exact) mass is 300 g/mol. The normalized spacial score (nSPS) is 9.71. The average molecular weight is 301 g/mol. The van der Waals surface area contributed by atoms with Gasteiger partial charge in [-0.2, -0.15) is 5.26 Å². The van der Waals surface area contributed by atoms with Crippen LogP contribution in [-0.4, -0.2) is 19.1 Å². The molecule has 0 saturated carbocycles. The summed E-state index contributed by atoms with van der Waals surface area (Å²) in [6.45, 7) is -0.213. The molecule has 0 unspecified atom stereocenters. The molecule has 1 amide bonds. The number of carbonyl (C=O) groups is 1. The first-order valence-corrected chi connectivity index (χ1v) is 6.70. The highest BCUT2D eigenvalue weighted by molar-refractivity contribution is 6.32. The summed E-state index contributed by atoms with van der Waals surface area (Å²) in [4.78, 5) is 13.6. The molecular formula is C16H13ClN2O2. The summed E-state index contributed by atoms with van der Waals surface area (Å²) in [5.41, 5.74) is 0.659. The third-order valence-electron chi connectivity index (χ3n) is 2.79. The number of nitriles is 1. The average Bonchev–Trinajstić information content (AvgIpc) is 2.52. The molecule has 0 bridgehead atoms. The van der Waals surface area contributed by atoms with Crippen molar-refractivity contribution in [1.82, 2.24) is 0 Å². The van der Waals surface area contributed by atoms with Gasteiger partial charge in [-0.25, -0.2) is 0 Å². The van der Waals surface area contributed by atoms with Gasteiger partial charge in [0.05, 0.1) is 11.1 Å². The van der Waals surface area contributed by atoms with Gasteiger partial charge < -0.3 is 4.74 Å². The van der Waals surface area contributed by atoms with Crippen LogP contribution in [0.25, 0.3) is 0 Å². The van der Waals surface area contributed by atoms with Crippen LogP contribution in [0.2, 0.25) is 5.02 Å². The standard InChI is InChI=1S/C16H13ClN2O2/c17-14-8-4-5-9-15(14)21-12-16(20)19(11-10-18)13-6-2-1-3-7-13/h1-9H,11-12H2. The minimum absolute atomic E-state index is 0.0330. The number of ether oxygens (including phenoxy) is 1. The second-order valence-corrected chi connectivity index (χ2v) is 4.60. The van der Waals surface area contributed by atoms with Crippen molar-refractivity contribution in [3.05, 3.63) is 59.6 Å². The molecule has 106 valence electrons. The summed E-state index contributed by atoms with van der Waals surface area (Å²) in [7, 11) is 0. The molecule has 4 nitrogen and oxygen atoms in total. The number of para-hydroxylation sites is 2. The van der Waals surface area contributed by atoms with Gasteiger partial charge in [-0.1, -0.05) is 41.9 Å². The summed E-state index contributed by atoms with van der Waals surface area (Å²) in [5.74, 6) is 0.139. The molecule has 0 aliphatic carbocycles. The molecule has 0 aliphatic rings. The van der Waals surface area contributed by atoms with Crippen LogP contribution < -0.4 is 9.64 Å². The van der Waals surface area contributed by atoms with E-state index in [0.29, 0.717) is 16.5 Å².